The molecule has 0 saturated carbocycles. The molecule has 2 N–H and O–H groups in total. The molecule has 0 unspecified atom stereocenters. The molecule has 3 heteroatoms. The lowest BCUT2D eigenvalue weighted by molar-refractivity contribution is 0.539. The second kappa shape index (κ2) is 4.39. The van der Waals surface area contributed by atoms with Gasteiger partial charge in [-0.2, -0.15) is 0 Å². The van der Waals surface area contributed by atoms with Crippen molar-refractivity contribution in [2.75, 3.05) is 6.54 Å². The number of fused-ring (bicyclic) bond motifs is 1. The van der Waals surface area contributed by atoms with Gasteiger partial charge in [-0.15, -0.1) is 0 Å². The van der Waals surface area contributed by atoms with E-state index >= 15 is 0 Å². The van der Waals surface area contributed by atoms with Crippen molar-refractivity contribution in [3.8, 4) is 0 Å². The maximum absolute atomic E-state index is 5.84. The largest absolute Gasteiger partial charge is 0.331 e. The van der Waals surface area contributed by atoms with E-state index in [1.807, 2.05) is 0 Å². The summed E-state index contributed by atoms with van der Waals surface area (Å²) in [5, 5.41) is 0. The topological polar surface area (TPSA) is 43.8 Å². The number of hydrogen-bond acceptors (Lipinski definition) is 2. The molecule has 2 aromatic rings. The molecule has 0 saturated heterocycles. The third-order valence-corrected chi connectivity index (χ3v) is 3.72. The number of rotatable bonds is 3. The zero-order valence-corrected chi connectivity index (χ0v) is 12.0. The van der Waals surface area contributed by atoms with Crippen molar-refractivity contribution in [3.63, 3.8) is 0 Å². The lowest BCUT2D eigenvalue weighted by Crippen LogP contribution is -2.27. The molecule has 3 nitrogen and oxygen atoms in total. The number of benzene rings is 1. The van der Waals surface area contributed by atoms with E-state index in [-0.39, 0.29) is 5.41 Å². The standard InChI is InChI=1S/C15H23N3/c1-10(2)14-17-12-8-11(15(3,4)9-16)6-7-13(12)18(14)5/h6-8,10H,9,16H2,1-5H3. The molecule has 18 heavy (non-hydrogen) atoms. The Morgan fingerprint density at radius 2 is 2.00 bits per heavy atom. The summed E-state index contributed by atoms with van der Waals surface area (Å²) in [5.74, 6) is 1.57. The van der Waals surface area contributed by atoms with Crippen LogP contribution in [-0.4, -0.2) is 16.1 Å². The molecule has 0 bridgehead atoms. The monoisotopic (exact) mass is 245 g/mol. The van der Waals surface area contributed by atoms with Crippen molar-refractivity contribution >= 4 is 11.0 Å². The first-order valence-corrected chi connectivity index (χ1v) is 6.53. The van der Waals surface area contributed by atoms with Crippen molar-refractivity contribution in [2.24, 2.45) is 12.8 Å². The number of nitrogens with two attached hydrogens (primary N) is 1. The molecule has 0 aliphatic carbocycles. The van der Waals surface area contributed by atoms with Crippen LogP contribution in [0, 0.1) is 0 Å². The predicted molar refractivity (Wildman–Crippen MR) is 76.9 cm³/mol. The first-order chi connectivity index (χ1) is 8.36. The minimum absolute atomic E-state index is 0.00368. The Kier molecular flexibility index (Phi) is 3.20. The van der Waals surface area contributed by atoms with Crippen LogP contribution in [0.25, 0.3) is 11.0 Å². The lowest BCUT2D eigenvalue weighted by atomic mass is 9.85. The molecule has 0 fully saturated rings. The summed E-state index contributed by atoms with van der Waals surface area (Å²) < 4.78 is 2.18. The summed E-state index contributed by atoms with van der Waals surface area (Å²) in [6, 6.07) is 6.50. The van der Waals surface area contributed by atoms with Crippen molar-refractivity contribution in [1.29, 1.82) is 0 Å². The molecule has 0 aliphatic heterocycles. The van der Waals surface area contributed by atoms with Crippen LogP contribution in [0.1, 0.15) is 45.0 Å². The molecule has 98 valence electrons. The van der Waals surface area contributed by atoms with Crippen LogP contribution in [0.3, 0.4) is 0 Å². The van der Waals surface area contributed by atoms with Gasteiger partial charge in [0, 0.05) is 24.9 Å². The van der Waals surface area contributed by atoms with Gasteiger partial charge in [0.2, 0.25) is 0 Å². The fourth-order valence-corrected chi connectivity index (χ4v) is 2.27. The smallest absolute Gasteiger partial charge is 0.112 e. The Labute approximate surface area is 109 Å². The molecule has 2 rings (SSSR count). The maximum atomic E-state index is 5.84. The molecule has 0 spiro atoms. The molecule has 0 amide bonds. The number of imidazole rings is 1. The van der Waals surface area contributed by atoms with Crippen LogP contribution in [0.5, 0.6) is 0 Å². The van der Waals surface area contributed by atoms with Crippen molar-refractivity contribution in [2.45, 2.75) is 39.0 Å². The van der Waals surface area contributed by atoms with Gasteiger partial charge in [0.1, 0.15) is 5.82 Å². The van der Waals surface area contributed by atoms with Gasteiger partial charge in [-0.1, -0.05) is 33.8 Å². The third-order valence-electron chi connectivity index (χ3n) is 3.72. The van der Waals surface area contributed by atoms with E-state index in [9.17, 15) is 0 Å². The average molecular weight is 245 g/mol. The third kappa shape index (κ3) is 2.03. The number of hydrogen-bond donors (Lipinski definition) is 1. The van der Waals surface area contributed by atoms with E-state index in [0.717, 1.165) is 11.3 Å². The first kappa shape index (κ1) is 13.1. The van der Waals surface area contributed by atoms with Gasteiger partial charge in [0.25, 0.3) is 0 Å². The molecule has 0 radical (unpaired) electrons. The highest BCUT2D eigenvalue weighted by atomic mass is 15.1. The summed E-state index contributed by atoms with van der Waals surface area (Å²) in [4.78, 5) is 4.74. The molecule has 0 aliphatic rings. The van der Waals surface area contributed by atoms with Gasteiger partial charge in [0.15, 0.2) is 0 Å². The van der Waals surface area contributed by atoms with Crippen LogP contribution >= 0.6 is 0 Å². The fourth-order valence-electron chi connectivity index (χ4n) is 2.27. The van der Waals surface area contributed by atoms with Crippen LogP contribution in [0.4, 0.5) is 0 Å². The second-order valence-corrected chi connectivity index (χ2v) is 5.98. The highest BCUT2D eigenvalue weighted by Gasteiger charge is 2.20. The van der Waals surface area contributed by atoms with Gasteiger partial charge < -0.3 is 10.3 Å². The van der Waals surface area contributed by atoms with E-state index in [1.165, 1.54) is 11.1 Å². The quantitative estimate of drug-likeness (QED) is 0.903. The van der Waals surface area contributed by atoms with Gasteiger partial charge >= 0.3 is 0 Å². The molecule has 1 heterocycles. The first-order valence-electron chi connectivity index (χ1n) is 6.53. The molecule has 0 atom stereocenters. The summed E-state index contributed by atoms with van der Waals surface area (Å²) in [7, 11) is 2.08. The Balaban J connectivity index is 2.60. The summed E-state index contributed by atoms with van der Waals surface area (Å²) in [6.45, 7) is 9.32. The minimum Gasteiger partial charge on any atom is -0.331 e. The molecular formula is C15H23N3. The predicted octanol–water partition coefficient (Wildman–Crippen LogP) is 2.93. The fraction of sp³-hybridized carbons (Fsp3) is 0.533. The van der Waals surface area contributed by atoms with Crippen LogP contribution in [-0.2, 0) is 12.5 Å². The van der Waals surface area contributed by atoms with Crippen LogP contribution in [0.2, 0.25) is 0 Å². The summed E-state index contributed by atoms with van der Waals surface area (Å²) in [5.41, 5.74) is 9.36. The van der Waals surface area contributed by atoms with E-state index in [2.05, 4.69) is 57.5 Å². The lowest BCUT2D eigenvalue weighted by Gasteiger charge is -2.22. The van der Waals surface area contributed by atoms with Gasteiger partial charge in [-0.25, -0.2) is 4.98 Å². The number of aryl methyl sites for hydroxylation is 1. The van der Waals surface area contributed by atoms with E-state index < -0.39 is 0 Å². The average Bonchev–Trinajstić information content (AvgIpc) is 2.66. The number of aromatic nitrogens is 2. The summed E-state index contributed by atoms with van der Waals surface area (Å²) >= 11 is 0. The molecular weight excluding hydrogens is 222 g/mol. The number of nitrogens with zero attached hydrogens (tertiary/aromatic N) is 2. The highest BCUT2D eigenvalue weighted by Crippen LogP contribution is 2.27. The van der Waals surface area contributed by atoms with E-state index in [0.29, 0.717) is 12.5 Å². The SMILES string of the molecule is CC(C)c1nc2cc(C(C)(C)CN)ccc2n1C. The van der Waals surface area contributed by atoms with E-state index in [4.69, 9.17) is 10.7 Å². The maximum Gasteiger partial charge on any atom is 0.112 e. The van der Waals surface area contributed by atoms with Crippen molar-refractivity contribution in [1.82, 2.24) is 9.55 Å². The Hall–Kier alpha value is -1.35. The van der Waals surface area contributed by atoms with Crippen molar-refractivity contribution in [3.05, 3.63) is 29.6 Å². The highest BCUT2D eigenvalue weighted by molar-refractivity contribution is 5.77. The van der Waals surface area contributed by atoms with Gasteiger partial charge in [-0.05, 0) is 17.7 Å². The normalized spacial score (nSPS) is 12.6. The molecule has 1 aromatic carbocycles. The second-order valence-electron chi connectivity index (χ2n) is 5.98. The molecule has 1 aromatic heterocycles. The van der Waals surface area contributed by atoms with Crippen LogP contribution < -0.4 is 5.73 Å². The summed E-state index contributed by atoms with van der Waals surface area (Å²) in [6.07, 6.45) is 0. The zero-order valence-electron chi connectivity index (χ0n) is 12.0. The van der Waals surface area contributed by atoms with Crippen molar-refractivity contribution < 1.29 is 0 Å². The Morgan fingerprint density at radius 3 is 2.56 bits per heavy atom. The van der Waals surface area contributed by atoms with Crippen LogP contribution in [0.15, 0.2) is 18.2 Å². The zero-order chi connectivity index (χ0) is 13.5. The Morgan fingerprint density at radius 1 is 1.33 bits per heavy atom. The van der Waals surface area contributed by atoms with Gasteiger partial charge in [0.05, 0.1) is 11.0 Å². The van der Waals surface area contributed by atoms with Gasteiger partial charge in [-0.3, -0.25) is 0 Å². The minimum atomic E-state index is 0.00368. The van der Waals surface area contributed by atoms with E-state index in [1.54, 1.807) is 0 Å². The Bertz CT molecular complexity index is 564.